The molecule has 3 N–H and O–H groups in total. The zero-order chi connectivity index (χ0) is 11.4. The minimum atomic E-state index is -0.505. The van der Waals surface area contributed by atoms with Crippen molar-refractivity contribution in [3.63, 3.8) is 0 Å². The third-order valence-electron chi connectivity index (χ3n) is 1.99. The van der Waals surface area contributed by atoms with E-state index in [9.17, 15) is 4.79 Å². The molecular formula is C10H16N4O. The number of anilines is 1. The maximum absolute atomic E-state index is 11.4. The van der Waals surface area contributed by atoms with Gasteiger partial charge in [-0.2, -0.15) is 0 Å². The Kier molecular flexibility index (Phi) is 3.74. The van der Waals surface area contributed by atoms with Crippen LogP contribution in [-0.4, -0.2) is 21.9 Å². The van der Waals surface area contributed by atoms with Gasteiger partial charge in [0.1, 0.15) is 0 Å². The van der Waals surface area contributed by atoms with Gasteiger partial charge in [-0.3, -0.25) is 10.1 Å². The van der Waals surface area contributed by atoms with E-state index in [2.05, 4.69) is 15.3 Å². The predicted molar refractivity (Wildman–Crippen MR) is 58.4 cm³/mol. The van der Waals surface area contributed by atoms with Crippen LogP contribution in [0.3, 0.4) is 0 Å². The number of amides is 1. The fourth-order valence-corrected chi connectivity index (χ4v) is 1.17. The number of carbonyl (C=O) groups is 1. The van der Waals surface area contributed by atoms with E-state index in [1.165, 1.54) is 0 Å². The van der Waals surface area contributed by atoms with Gasteiger partial charge in [-0.25, -0.2) is 9.97 Å². The van der Waals surface area contributed by atoms with E-state index < -0.39 is 6.04 Å². The van der Waals surface area contributed by atoms with Gasteiger partial charge in [0, 0.05) is 11.4 Å². The maximum atomic E-state index is 11.4. The van der Waals surface area contributed by atoms with Crippen molar-refractivity contribution in [1.29, 1.82) is 0 Å². The number of hydrogen-bond acceptors (Lipinski definition) is 4. The average molecular weight is 208 g/mol. The topological polar surface area (TPSA) is 80.9 Å². The number of carbonyl (C=O) groups excluding carboxylic acids is 1. The molecule has 0 aliphatic rings. The maximum Gasteiger partial charge on any atom is 0.243 e. The van der Waals surface area contributed by atoms with E-state index in [0.29, 0.717) is 12.4 Å². The lowest BCUT2D eigenvalue weighted by atomic mass is 10.2. The molecule has 5 nitrogen and oxygen atoms in total. The highest BCUT2D eigenvalue weighted by Crippen LogP contribution is 2.04. The molecule has 1 rings (SSSR count). The highest BCUT2D eigenvalue weighted by Gasteiger charge is 2.12. The highest BCUT2D eigenvalue weighted by atomic mass is 16.2. The standard InChI is InChI=1S/C10H16N4O/c1-4-8(11)9(15)14-10-12-6(2)5-7(3)13-10/h5,8H,4,11H2,1-3H3,(H,12,13,14,15)/t8-/m1/s1. The monoisotopic (exact) mass is 208 g/mol. The van der Waals surface area contributed by atoms with Crippen LogP contribution in [0.15, 0.2) is 6.07 Å². The molecule has 15 heavy (non-hydrogen) atoms. The smallest absolute Gasteiger partial charge is 0.243 e. The van der Waals surface area contributed by atoms with E-state index in [-0.39, 0.29) is 5.91 Å². The molecule has 0 spiro atoms. The molecule has 1 heterocycles. The molecule has 0 fully saturated rings. The molecule has 0 aromatic carbocycles. The zero-order valence-electron chi connectivity index (χ0n) is 9.24. The van der Waals surface area contributed by atoms with Crippen LogP contribution in [0.4, 0.5) is 5.95 Å². The van der Waals surface area contributed by atoms with Crippen molar-refractivity contribution < 1.29 is 4.79 Å². The van der Waals surface area contributed by atoms with Crippen molar-refractivity contribution >= 4 is 11.9 Å². The first-order valence-corrected chi connectivity index (χ1v) is 4.91. The number of nitrogens with zero attached hydrogens (tertiary/aromatic N) is 2. The summed E-state index contributed by atoms with van der Waals surface area (Å²) in [6, 6.07) is 1.34. The second-order valence-electron chi connectivity index (χ2n) is 3.48. The quantitative estimate of drug-likeness (QED) is 0.768. The Balaban J connectivity index is 2.76. The van der Waals surface area contributed by atoms with Crippen LogP contribution < -0.4 is 11.1 Å². The number of nitrogens with one attached hydrogen (secondary N) is 1. The van der Waals surface area contributed by atoms with Gasteiger partial charge in [0.2, 0.25) is 11.9 Å². The molecule has 5 heteroatoms. The van der Waals surface area contributed by atoms with Gasteiger partial charge < -0.3 is 5.73 Å². The van der Waals surface area contributed by atoms with E-state index in [1.54, 1.807) is 0 Å². The molecular weight excluding hydrogens is 192 g/mol. The van der Waals surface area contributed by atoms with Crippen molar-refractivity contribution in [3.05, 3.63) is 17.5 Å². The molecule has 0 unspecified atom stereocenters. The van der Waals surface area contributed by atoms with Crippen molar-refractivity contribution in [3.8, 4) is 0 Å². The van der Waals surface area contributed by atoms with Gasteiger partial charge in [0.15, 0.2) is 0 Å². The average Bonchev–Trinajstić information content (AvgIpc) is 2.14. The van der Waals surface area contributed by atoms with Crippen molar-refractivity contribution in [1.82, 2.24) is 9.97 Å². The normalized spacial score (nSPS) is 12.3. The van der Waals surface area contributed by atoms with E-state index in [1.807, 2.05) is 26.8 Å². The van der Waals surface area contributed by atoms with Crippen molar-refractivity contribution in [2.75, 3.05) is 5.32 Å². The van der Waals surface area contributed by atoms with Gasteiger partial charge in [-0.15, -0.1) is 0 Å². The summed E-state index contributed by atoms with van der Waals surface area (Å²) in [6.45, 7) is 5.56. The van der Waals surface area contributed by atoms with Crippen LogP contribution in [-0.2, 0) is 4.79 Å². The van der Waals surface area contributed by atoms with Crippen LogP contribution in [0, 0.1) is 13.8 Å². The summed E-state index contributed by atoms with van der Waals surface area (Å²) in [5.74, 6) is 0.0731. The van der Waals surface area contributed by atoms with Crippen LogP contribution in [0.2, 0.25) is 0 Å². The molecule has 1 aromatic heterocycles. The number of hydrogen-bond donors (Lipinski definition) is 2. The summed E-state index contributed by atoms with van der Waals surface area (Å²) in [7, 11) is 0. The Labute approximate surface area is 89.1 Å². The van der Waals surface area contributed by atoms with Crippen molar-refractivity contribution in [2.45, 2.75) is 33.2 Å². The number of aromatic nitrogens is 2. The summed E-state index contributed by atoms with van der Waals surface area (Å²) >= 11 is 0. The second kappa shape index (κ2) is 4.84. The molecule has 1 amide bonds. The Bertz CT molecular complexity index is 344. The molecule has 0 saturated heterocycles. The zero-order valence-corrected chi connectivity index (χ0v) is 9.24. The fourth-order valence-electron chi connectivity index (χ4n) is 1.17. The van der Waals surface area contributed by atoms with Crippen LogP contribution in [0.1, 0.15) is 24.7 Å². The second-order valence-corrected chi connectivity index (χ2v) is 3.48. The first kappa shape index (κ1) is 11.6. The fraction of sp³-hybridized carbons (Fsp3) is 0.500. The molecule has 0 radical (unpaired) electrons. The van der Waals surface area contributed by atoms with E-state index >= 15 is 0 Å². The summed E-state index contributed by atoms with van der Waals surface area (Å²) in [6.07, 6.45) is 0.594. The Hall–Kier alpha value is -1.49. The first-order chi connectivity index (χ1) is 7.02. The minimum absolute atomic E-state index is 0.248. The summed E-state index contributed by atoms with van der Waals surface area (Å²) in [4.78, 5) is 19.6. The predicted octanol–water partition coefficient (Wildman–Crippen LogP) is 0.769. The van der Waals surface area contributed by atoms with E-state index in [4.69, 9.17) is 5.73 Å². The number of nitrogens with two attached hydrogens (primary N) is 1. The van der Waals surface area contributed by atoms with Gasteiger partial charge in [-0.1, -0.05) is 6.92 Å². The molecule has 1 atom stereocenters. The van der Waals surface area contributed by atoms with Crippen LogP contribution in [0.5, 0.6) is 0 Å². The third-order valence-corrected chi connectivity index (χ3v) is 1.99. The molecule has 0 bridgehead atoms. The molecule has 0 aliphatic heterocycles. The summed E-state index contributed by atoms with van der Waals surface area (Å²) < 4.78 is 0. The molecule has 0 saturated carbocycles. The van der Waals surface area contributed by atoms with Gasteiger partial charge in [-0.05, 0) is 26.3 Å². The van der Waals surface area contributed by atoms with Crippen molar-refractivity contribution in [2.24, 2.45) is 5.73 Å². The Morgan fingerprint density at radius 1 is 1.47 bits per heavy atom. The summed E-state index contributed by atoms with van der Waals surface area (Å²) in [5, 5.41) is 2.59. The number of aryl methyl sites for hydroxylation is 2. The van der Waals surface area contributed by atoms with Gasteiger partial charge in [0.05, 0.1) is 6.04 Å². The van der Waals surface area contributed by atoms with Gasteiger partial charge in [0.25, 0.3) is 0 Å². The first-order valence-electron chi connectivity index (χ1n) is 4.91. The van der Waals surface area contributed by atoms with Crippen LogP contribution >= 0.6 is 0 Å². The molecule has 0 aliphatic carbocycles. The van der Waals surface area contributed by atoms with E-state index in [0.717, 1.165) is 11.4 Å². The lowest BCUT2D eigenvalue weighted by molar-refractivity contribution is -0.117. The highest BCUT2D eigenvalue weighted by molar-refractivity contribution is 5.93. The Morgan fingerprint density at radius 2 is 2.00 bits per heavy atom. The van der Waals surface area contributed by atoms with Gasteiger partial charge >= 0.3 is 0 Å². The largest absolute Gasteiger partial charge is 0.320 e. The number of rotatable bonds is 3. The SMILES string of the molecule is CC[C@@H](N)C(=O)Nc1nc(C)cc(C)n1. The summed E-state index contributed by atoms with van der Waals surface area (Å²) in [5.41, 5.74) is 7.22. The lowest BCUT2D eigenvalue weighted by Gasteiger charge is -2.09. The minimum Gasteiger partial charge on any atom is -0.320 e. The molecule has 1 aromatic rings. The third kappa shape index (κ3) is 3.28. The van der Waals surface area contributed by atoms with Crippen LogP contribution in [0.25, 0.3) is 0 Å². The Morgan fingerprint density at radius 3 is 2.47 bits per heavy atom. The lowest BCUT2D eigenvalue weighted by Crippen LogP contribution is -2.35. The molecule has 82 valence electrons.